The number of nitrogens with one attached hydrogen (secondary N) is 3. The molecule has 7 heteroatoms. The summed E-state index contributed by atoms with van der Waals surface area (Å²) in [6.07, 6.45) is 0. The summed E-state index contributed by atoms with van der Waals surface area (Å²) in [6, 6.07) is 0. The molecule has 0 aromatic rings. The Morgan fingerprint density at radius 2 is 1.00 bits per heavy atom. The van der Waals surface area contributed by atoms with Crippen molar-refractivity contribution in [1.82, 2.24) is 14.6 Å². The summed E-state index contributed by atoms with van der Waals surface area (Å²) in [5, 5.41) is 0. The Balaban J connectivity index is 0.000000360. The maximum Gasteiger partial charge on any atom is 0.0273 e. The SMILES string of the molecule is N1PNPNP1.[Tb]. The van der Waals surface area contributed by atoms with Gasteiger partial charge in [-0.05, 0) is 0 Å². The minimum absolute atomic E-state index is 0. The van der Waals surface area contributed by atoms with E-state index in [4.69, 9.17) is 0 Å². The zero-order valence-corrected chi connectivity index (χ0v) is 8.47. The van der Waals surface area contributed by atoms with Gasteiger partial charge in [-0.1, -0.05) is 0 Å². The molecule has 0 amide bonds. The van der Waals surface area contributed by atoms with E-state index in [1.54, 1.807) is 0 Å². The summed E-state index contributed by atoms with van der Waals surface area (Å²) in [4.78, 5) is 9.38. The molecule has 1 aliphatic heterocycles. The average molecular weight is 300 g/mol. The summed E-state index contributed by atoms with van der Waals surface area (Å²) >= 11 is 0. The normalized spacial score (nSPS) is 30.9. The van der Waals surface area contributed by atoms with Crippen molar-refractivity contribution in [2.24, 2.45) is 0 Å². The molecule has 3 nitrogen and oxygen atoms in total. The summed E-state index contributed by atoms with van der Waals surface area (Å²) in [5.41, 5.74) is 0. The Bertz CT molecular complexity index is 25.7. The first kappa shape index (κ1) is 9.46. The predicted octanol–water partition coefficient (Wildman–Crippen LogP) is 0.294. The third kappa shape index (κ3) is 4.93. The van der Waals surface area contributed by atoms with Gasteiger partial charge in [-0.3, -0.25) is 14.6 Å². The first-order valence-electron chi connectivity index (χ1n) is 1.50. The van der Waals surface area contributed by atoms with E-state index in [9.17, 15) is 0 Å². The topological polar surface area (TPSA) is 36.1 Å². The Morgan fingerprint density at radius 1 is 0.714 bits per heavy atom. The summed E-state index contributed by atoms with van der Waals surface area (Å²) in [7, 11) is 2.29. The van der Waals surface area contributed by atoms with E-state index in [-0.39, 0.29) is 38.6 Å². The molecule has 0 unspecified atom stereocenters. The van der Waals surface area contributed by atoms with Gasteiger partial charge in [0.1, 0.15) is 0 Å². The van der Waals surface area contributed by atoms with E-state index in [0.717, 1.165) is 26.6 Å². The molecule has 1 aliphatic rings. The monoisotopic (exact) mass is 300 g/mol. The van der Waals surface area contributed by atoms with Crippen molar-refractivity contribution < 1.29 is 38.6 Å². The summed E-state index contributed by atoms with van der Waals surface area (Å²) in [5.74, 6) is 0. The van der Waals surface area contributed by atoms with Crippen LogP contribution in [-0.4, -0.2) is 0 Å². The van der Waals surface area contributed by atoms with Crippen molar-refractivity contribution in [3.05, 3.63) is 0 Å². The van der Waals surface area contributed by atoms with Crippen LogP contribution in [0.3, 0.4) is 0 Å². The summed E-state index contributed by atoms with van der Waals surface area (Å²) in [6.45, 7) is 0. The zero-order valence-electron chi connectivity index (χ0n) is 3.33. The van der Waals surface area contributed by atoms with Crippen LogP contribution in [0.4, 0.5) is 0 Å². The van der Waals surface area contributed by atoms with Crippen LogP contribution >= 0.6 is 26.6 Å². The number of rotatable bonds is 0. The van der Waals surface area contributed by atoms with Crippen LogP contribution in [-0.2, 0) is 0 Å². The van der Waals surface area contributed by atoms with E-state index in [1.807, 2.05) is 0 Å². The molecule has 45 valence electrons. The fourth-order valence-electron chi connectivity index (χ4n) is 0.188. The Labute approximate surface area is 79.0 Å². The van der Waals surface area contributed by atoms with Crippen LogP contribution < -0.4 is 14.6 Å². The molecule has 0 saturated carbocycles. The van der Waals surface area contributed by atoms with Crippen LogP contribution in [0, 0.1) is 38.6 Å². The minimum atomic E-state index is 0. The molecule has 0 atom stereocenters. The van der Waals surface area contributed by atoms with Crippen LogP contribution in [0.5, 0.6) is 0 Å². The molecule has 0 bridgehead atoms. The third-order valence-corrected chi connectivity index (χ3v) is 3.38. The van der Waals surface area contributed by atoms with Crippen molar-refractivity contribution in [3.8, 4) is 0 Å². The Hall–Kier alpha value is 2.46. The fraction of sp³-hybridized carbons (Fsp3) is 0. The maximum atomic E-state index is 3.12. The van der Waals surface area contributed by atoms with Gasteiger partial charge in [-0.2, -0.15) is 0 Å². The Morgan fingerprint density at radius 3 is 1.14 bits per heavy atom. The van der Waals surface area contributed by atoms with Crippen LogP contribution in [0.15, 0.2) is 0 Å². The first-order chi connectivity index (χ1) is 3.00. The van der Waals surface area contributed by atoms with Crippen molar-refractivity contribution in [2.45, 2.75) is 0 Å². The molecular formula is H6N3P3Tb. The smallest absolute Gasteiger partial charge is 0.0273 e. The van der Waals surface area contributed by atoms with Gasteiger partial charge in [0.25, 0.3) is 0 Å². The van der Waals surface area contributed by atoms with Gasteiger partial charge in [0, 0.05) is 65.3 Å². The maximum absolute atomic E-state index is 3.12. The largest absolute Gasteiger partial charge is 0.254 e. The van der Waals surface area contributed by atoms with Crippen molar-refractivity contribution in [2.75, 3.05) is 0 Å². The molecular weight excluding hydrogens is 294 g/mol. The van der Waals surface area contributed by atoms with Crippen LogP contribution in [0.25, 0.3) is 0 Å². The molecule has 0 aromatic carbocycles. The van der Waals surface area contributed by atoms with Crippen molar-refractivity contribution >= 4 is 26.6 Å². The molecule has 0 aromatic heterocycles. The second-order valence-corrected chi connectivity index (χ2v) is 4.50. The fourth-order valence-corrected chi connectivity index (χ4v) is 3.38. The predicted molar refractivity (Wildman–Crippen MR) is 34.4 cm³/mol. The van der Waals surface area contributed by atoms with Gasteiger partial charge in [0.2, 0.25) is 0 Å². The second-order valence-electron chi connectivity index (χ2n) is 0.750. The van der Waals surface area contributed by atoms with Gasteiger partial charge >= 0.3 is 0 Å². The molecule has 1 saturated heterocycles. The van der Waals surface area contributed by atoms with E-state index in [1.165, 1.54) is 0 Å². The van der Waals surface area contributed by atoms with Crippen LogP contribution in [0.1, 0.15) is 0 Å². The first-order valence-corrected chi connectivity index (χ1v) is 4.50. The van der Waals surface area contributed by atoms with Gasteiger partial charge in [-0.25, -0.2) is 0 Å². The molecule has 1 fully saturated rings. The standard InChI is InChI=1S/H6N3P3.Tb/c1-4-2-6-3-5-1;/h1-6H;. The third-order valence-electron chi connectivity index (χ3n) is 0.375. The molecule has 0 aliphatic carbocycles. The van der Waals surface area contributed by atoms with E-state index in [0.29, 0.717) is 0 Å². The zero-order chi connectivity index (χ0) is 4.24. The molecule has 3 N–H and O–H groups in total. The van der Waals surface area contributed by atoms with Gasteiger partial charge in [0.15, 0.2) is 0 Å². The molecule has 7 heavy (non-hydrogen) atoms. The number of hydrogen-bond donors (Lipinski definition) is 3. The van der Waals surface area contributed by atoms with Gasteiger partial charge < -0.3 is 0 Å². The quantitative estimate of drug-likeness (QED) is 0.563. The Kier molecular flexibility index (Phi) is 8.88. The van der Waals surface area contributed by atoms with Crippen LogP contribution in [0.2, 0.25) is 0 Å². The average Bonchev–Trinajstić information content (AvgIpc) is 1.72. The molecule has 1 radical (unpaired) electrons. The van der Waals surface area contributed by atoms with E-state index < -0.39 is 0 Å². The second kappa shape index (κ2) is 6.57. The van der Waals surface area contributed by atoms with Gasteiger partial charge in [0.05, 0.1) is 0 Å². The number of hydrogen-bond acceptors (Lipinski definition) is 3. The summed E-state index contributed by atoms with van der Waals surface area (Å²) < 4.78 is 0. The molecule has 1 rings (SSSR count). The molecule has 0 spiro atoms. The van der Waals surface area contributed by atoms with E-state index >= 15 is 0 Å². The van der Waals surface area contributed by atoms with Gasteiger partial charge in [-0.15, -0.1) is 0 Å². The van der Waals surface area contributed by atoms with Crippen molar-refractivity contribution in [1.29, 1.82) is 0 Å². The minimum Gasteiger partial charge on any atom is -0.254 e. The van der Waals surface area contributed by atoms with E-state index in [2.05, 4.69) is 14.6 Å². The molecule has 1 heterocycles. The van der Waals surface area contributed by atoms with Crippen molar-refractivity contribution in [3.63, 3.8) is 0 Å².